The molecule has 3 amide bonds. The molecule has 3 heterocycles. The van der Waals surface area contributed by atoms with E-state index >= 15 is 0 Å². The average molecular weight is 519 g/mol. The molecular formula is C28H27FN4O3S. The molecule has 37 heavy (non-hydrogen) atoms. The summed E-state index contributed by atoms with van der Waals surface area (Å²) in [5, 5.41) is -0.463. The van der Waals surface area contributed by atoms with Crippen molar-refractivity contribution in [1.82, 2.24) is 14.4 Å². The van der Waals surface area contributed by atoms with Crippen molar-refractivity contribution in [3.8, 4) is 5.69 Å². The Labute approximate surface area is 219 Å². The minimum atomic E-state index is -0.484. The van der Waals surface area contributed by atoms with Crippen molar-refractivity contribution in [2.45, 2.75) is 13.8 Å². The van der Waals surface area contributed by atoms with E-state index in [9.17, 15) is 18.8 Å². The first-order chi connectivity index (χ1) is 17.8. The van der Waals surface area contributed by atoms with E-state index in [2.05, 4.69) is 4.90 Å². The second kappa shape index (κ2) is 10.3. The maximum atomic E-state index is 14.4. The van der Waals surface area contributed by atoms with Crippen LogP contribution in [-0.4, -0.2) is 64.1 Å². The molecule has 0 atom stereocenters. The van der Waals surface area contributed by atoms with Crippen molar-refractivity contribution in [2.75, 3.05) is 37.6 Å². The lowest BCUT2D eigenvalue weighted by Gasteiger charge is -2.36. The van der Waals surface area contributed by atoms with Crippen LogP contribution in [0.1, 0.15) is 17.0 Å². The summed E-state index contributed by atoms with van der Waals surface area (Å²) in [7, 11) is 0. The summed E-state index contributed by atoms with van der Waals surface area (Å²) in [5.74, 6) is -1.07. The Balaban J connectivity index is 1.27. The first-order valence-corrected chi connectivity index (χ1v) is 12.9. The van der Waals surface area contributed by atoms with Gasteiger partial charge in [-0.1, -0.05) is 30.3 Å². The Morgan fingerprint density at radius 1 is 0.973 bits per heavy atom. The molecule has 2 fully saturated rings. The smallest absolute Gasteiger partial charge is 0.294 e. The molecular weight excluding hydrogens is 491 g/mol. The molecule has 5 rings (SSSR count). The number of halogens is 1. The SMILES string of the molecule is Cc1cc(/C=C2/SC(=O)N(CC(=O)N3CCN(c4ccccc4)CC3)C2=O)c(C)n1-c1ccccc1F. The van der Waals surface area contributed by atoms with Gasteiger partial charge in [-0.15, -0.1) is 0 Å². The molecule has 0 spiro atoms. The van der Waals surface area contributed by atoms with Gasteiger partial charge in [0.25, 0.3) is 11.1 Å². The molecule has 190 valence electrons. The highest BCUT2D eigenvalue weighted by molar-refractivity contribution is 8.18. The number of amides is 3. The molecule has 2 aromatic carbocycles. The number of carbonyl (C=O) groups excluding carboxylic acids is 3. The Bertz CT molecular complexity index is 1390. The van der Waals surface area contributed by atoms with E-state index in [1.807, 2.05) is 50.2 Å². The summed E-state index contributed by atoms with van der Waals surface area (Å²) < 4.78 is 16.2. The number of anilines is 1. The Morgan fingerprint density at radius 2 is 1.65 bits per heavy atom. The number of aryl methyl sites for hydroxylation is 1. The number of nitrogens with zero attached hydrogens (tertiary/aromatic N) is 4. The van der Waals surface area contributed by atoms with Gasteiger partial charge in [-0.2, -0.15) is 0 Å². The van der Waals surface area contributed by atoms with Crippen LogP contribution >= 0.6 is 11.8 Å². The first kappa shape index (κ1) is 24.8. The number of rotatable bonds is 5. The number of hydrogen-bond acceptors (Lipinski definition) is 5. The minimum absolute atomic E-state index is 0.242. The second-order valence-electron chi connectivity index (χ2n) is 9.08. The molecule has 0 unspecified atom stereocenters. The number of aromatic nitrogens is 1. The van der Waals surface area contributed by atoms with Crippen molar-refractivity contribution in [3.63, 3.8) is 0 Å². The maximum Gasteiger partial charge on any atom is 0.294 e. The number of piperazine rings is 1. The molecule has 7 nitrogen and oxygen atoms in total. The third-order valence-electron chi connectivity index (χ3n) is 6.77. The zero-order valence-corrected chi connectivity index (χ0v) is 21.5. The highest BCUT2D eigenvalue weighted by Crippen LogP contribution is 2.34. The number of thioether (sulfide) groups is 1. The van der Waals surface area contributed by atoms with Crippen LogP contribution in [0.2, 0.25) is 0 Å². The van der Waals surface area contributed by atoms with Gasteiger partial charge in [0.05, 0.1) is 10.6 Å². The minimum Gasteiger partial charge on any atom is -0.368 e. The zero-order chi connectivity index (χ0) is 26.1. The molecule has 2 saturated heterocycles. The van der Waals surface area contributed by atoms with Crippen molar-refractivity contribution in [2.24, 2.45) is 0 Å². The number of carbonyl (C=O) groups is 3. The van der Waals surface area contributed by atoms with E-state index < -0.39 is 11.1 Å². The molecule has 3 aromatic rings. The predicted octanol–water partition coefficient (Wildman–Crippen LogP) is 4.62. The van der Waals surface area contributed by atoms with E-state index in [0.717, 1.165) is 39.3 Å². The molecule has 2 aliphatic heterocycles. The van der Waals surface area contributed by atoms with Gasteiger partial charge in [0, 0.05) is 43.3 Å². The Kier molecular flexibility index (Phi) is 6.88. The summed E-state index contributed by atoms with van der Waals surface area (Å²) in [6.45, 7) is 5.86. The highest BCUT2D eigenvalue weighted by atomic mass is 32.2. The number of hydrogen-bond donors (Lipinski definition) is 0. The van der Waals surface area contributed by atoms with Gasteiger partial charge < -0.3 is 14.4 Å². The lowest BCUT2D eigenvalue weighted by atomic mass is 10.2. The zero-order valence-electron chi connectivity index (χ0n) is 20.7. The Hall–Kier alpha value is -3.85. The van der Waals surface area contributed by atoms with Crippen LogP contribution in [-0.2, 0) is 9.59 Å². The average Bonchev–Trinajstić information content (AvgIpc) is 3.33. The summed E-state index contributed by atoms with van der Waals surface area (Å²) in [6.07, 6.45) is 1.65. The first-order valence-electron chi connectivity index (χ1n) is 12.1. The molecule has 0 bridgehead atoms. The normalized spacial score (nSPS) is 17.3. The van der Waals surface area contributed by atoms with Crippen LogP contribution in [0.15, 0.2) is 65.6 Å². The largest absolute Gasteiger partial charge is 0.368 e. The van der Waals surface area contributed by atoms with Crippen LogP contribution in [0.4, 0.5) is 14.9 Å². The van der Waals surface area contributed by atoms with Crippen molar-refractivity contribution < 1.29 is 18.8 Å². The summed E-state index contributed by atoms with van der Waals surface area (Å²) >= 11 is 0.822. The van der Waals surface area contributed by atoms with Crippen molar-refractivity contribution in [3.05, 3.63) is 88.3 Å². The van der Waals surface area contributed by atoms with Crippen LogP contribution in [0.5, 0.6) is 0 Å². The molecule has 2 aliphatic rings. The van der Waals surface area contributed by atoms with E-state index in [4.69, 9.17) is 0 Å². The Morgan fingerprint density at radius 3 is 2.35 bits per heavy atom. The van der Waals surface area contributed by atoms with Crippen LogP contribution in [0, 0.1) is 19.7 Å². The lowest BCUT2D eigenvalue weighted by molar-refractivity contribution is -0.136. The summed E-state index contributed by atoms with van der Waals surface area (Å²) in [6, 6.07) is 18.4. The van der Waals surface area contributed by atoms with Gasteiger partial charge in [-0.25, -0.2) is 4.39 Å². The van der Waals surface area contributed by atoms with E-state index in [-0.39, 0.29) is 23.2 Å². The van der Waals surface area contributed by atoms with Crippen LogP contribution < -0.4 is 4.90 Å². The van der Waals surface area contributed by atoms with Crippen molar-refractivity contribution in [1.29, 1.82) is 0 Å². The lowest BCUT2D eigenvalue weighted by Crippen LogP contribution is -2.51. The summed E-state index contributed by atoms with van der Waals surface area (Å²) in [5.41, 5.74) is 3.80. The molecule has 0 N–H and O–H groups in total. The predicted molar refractivity (Wildman–Crippen MR) is 143 cm³/mol. The molecule has 9 heteroatoms. The van der Waals surface area contributed by atoms with E-state index in [1.165, 1.54) is 6.07 Å². The fourth-order valence-corrected chi connectivity index (χ4v) is 5.63. The van der Waals surface area contributed by atoms with E-state index in [1.54, 1.807) is 33.7 Å². The van der Waals surface area contributed by atoms with Gasteiger partial charge in [-0.3, -0.25) is 19.3 Å². The third kappa shape index (κ3) is 4.91. The maximum absolute atomic E-state index is 14.4. The van der Waals surface area contributed by atoms with Crippen LogP contribution in [0.3, 0.4) is 0 Å². The quantitative estimate of drug-likeness (QED) is 0.462. The number of imide groups is 1. The molecule has 0 saturated carbocycles. The molecule has 0 radical (unpaired) electrons. The fourth-order valence-electron chi connectivity index (χ4n) is 4.80. The molecule has 0 aliphatic carbocycles. The standard InChI is InChI=1S/C28H27FN4O3S/c1-19-16-21(20(2)33(19)24-11-7-6-10-23(24)29)17-25-27(35)32(28(36)37-25)18-26(34)31-14-12-30(13-15-31)22-8-4-3-5-9-22/h3-11,16-17H,12-15,18H2,1-2H3/b25-17+. The second-order valence-corrected chi connectivity index (χ2v) is 10.1. The fraction of sp³-hybridized carbons (Fsp3) is 0.250. The van der Waals surface area contributed by atoms with Gasteiger partial charge in [0.1, 0.15) is 12.4 Å². The van der Waals surface area contributed by atoms with E-state index in [0.29, 0.717) is 31.9 Å². The van der Waals surface area contributed by atoms with Gasteiger partial charge >= 0.3 is 0 Å². The number of benzene rings is 2. The molecule has 1 aromatic heterocycles. The monoisotopic (exact) mass is 518 g/mol. The van der Waals surface area contributed by atoms with Crippen LogP contribution in [0.25, 0.3) is 11.8 Å². The topological polar surface area (TPSA) is 65.9 Å². The highest BCUT2D eigenvalue weighted by Gasteiger charge is 2.37. The summed E-state index contributed by atoms with van der Waals surface area (Å²) in [4.78, 5) is 43.8. The van der Waals surface area contributed by atoms with Gasteiger partial charge in [-0.05, 0) is 67.6 Å². The van der Waals surface area contributed by atoms with Gasteiger partial charge in [0.2, 0.25) is 5.91 Å². The number of para-hydroxylation sites is 2. The third-order valence-corrected chi connectivity index (χ3v) is 7.68. The van der Waals surface area contributed by atoms with Gasteiger partial charge in [0.15, 0.2) is 0 Å². The van der Waals surface area contributed by atoms with Crippen molar-refractivity contribution >= 4 is 40.6 Å².